The molecular weight excluding hydrogens is 314 g/mol. The molecule has 1 aromatic rings. The highest BCUT2D eigenvalue weighted by atomic mass is 32.2. The molecule has 0 saturated carbocycles. The number of rotatable bonds is 3. The van der Waals surface area contributed by atoms with Gasteiger partial charge in [0.15, 0.2) is 0 Å². The summed E-state index contributed by atoms with van der Waals surface area (Å²) in [6.45, 7) is 3.58. The largest absolute Gasteiger partial charge is 0.314 e. The number of fused-ring (bicyclic) bond motifs is 1. The van der Waals surface area contributed by atoms with E-state index in [-0.39, 0.29) is 16.7 Å². The van der Waals surface area contributed by atoms with Gasteiger partial charge >= 0.3 is 0 Å². The predicted molar refractivity (Wildman–Crippen MR) is 88.9 cm³/mol. The third kappa shape index (κ3) is 3.13. The first-order valence-electron chi connectivity index (χ1n) is 8.03. The predicted octanol–water partition coefficient (Wildman–Crippen LogP) is 0.872. The van der Waals surface area contributed by atoms with E-state index in [4.69, 9.17) is 0 Å². The second kappa shape index (κ2) is 6.22. The van der Waals surface area contributed by atoms with Crippen molar-refractivity contribution in [3.8, 4) is 0 Å². The Morgan fingerprint density at radius 1 is 1.39 bits per heavy atom. The number of nitrogens with one attached hydrogen (secondary N) is 2. The molecule has 3 rings (SSSR count). The lowest BCUT2D eigenvalue weighted by molar-refractivity contribution is -0.123. The summed E-state index contributed by atoms with van der Waals surface area (Å²) in [7, 11) is -2.11. The van der Waals surface area contributed by atoms with Crippen LogP contribution in [0.2, 0.25) is 0 Å². The minimum atomic E-state index is -3.50. The van der Waals surface area contributed by atoms with Gasteiger partial charge < -0.3 is 10.2 Å². The minimum absolute atomic E-state index is 0.0155. The van der Waals surface area contributed by atoms with Crippen LogP contribution < -0.4 is 14.9 Å². The van der Waals surface area contributed by atoms with Gasteiger partial charge in [0.25, 0.3) is 0 Å². The molecule has 0 bridgehead atoms. The lowest BCUT2D eigenvalue weighted by Crippen LogP contribution is -2.43. The average Bonchev–Trinajstić information content (AvgIpc) is 2.97. The van der Waals surface area contributed by atoms with Crippen molar-refractivity contribution in [2.24, 2.45) is 5.92 Å². The van der Waals surface area contributed by atoms with Gasteiger partial charge in [-0.2, -0.15) is 0 Å². The van der Waals surface area contributed by atoms with Crippen LogP contribution in [0.25, 0.3) is 0 Å². The smallest absolute Gasteiger partial charge is 0.240 e. The molecule has 1 saturated heterocycles. The van der Waals surface area contributed by atoms with Crippen LogP contribution in [0.4, 0.5) is 5.69 Å². The van der Waals surface area contributed by atoms with Gasteiger partial charge in [0, 0.05) is 24.2 Å². The Hall–Kier alpha value is -1.44. The van der Waals surface area contributed by atoms with Crippen molar-refractivity contribution in [3.05, 3.63) is 23.8 Å². The maximum atomic E-state index is 12.9. The van der Waals surface area contributed by atoms with Crippen molar-refractivity contribution in [3.63, 3.8) is 0 Å². The van der Waals surface area contributed by atoms with Crippen molar-refractivity contribution in [2.75, 3.05) is 25.0 Å². The first-order valence-corrected chi connectivity index (χ1v) is 9.52. The maximum absolute atomic E-state index is 12.9. The van der Waals surface area contributed by atoms with E-state index in [9.17, 15) is 13.2 Å². The Morgan fingerprint density at radius 2 is 2.17 bits per heavy atom. The van der Waals surface area contributed by atoms with Gasteiger partial charge in [-0.05, 0) is 57.5 Å². The molecule has 0 aliphatic carbocycles. The molecule has 0 spiro atoms. The molecule has 23 heavy (non-hydrogen) atoms. The number of anilines is 1. The molecule has 2 heterocycles. The molecule has 0 aromatic heterocycles. The second-order valence-corrected chi connectivity index (χ2v) is 8.20. The van der Waals surface area contributed by atoms with Gasteiger partial charge in [-0.1, -0.05) is 6.07 Å². The number of amides is 1. The fraction of sp³-hybridized carbons (Fsp3) is 0.562. The van der Waals surface area contributed by atoms with Crippen LogP contribution in [-0.4, -0.2) is 40.5 Å². The number of piperidine rings is 1. The van der Waals surface area contributed by atoms with Gasteiger partial charge in [0.05, 0.1) is 4.90 Å². The molecule has 1 amide bonds. The lowest BCUT2D eigenvalue weighted by atomic mass is 9.92. The average molecular weight is 337 g/mol. The van der Waals surface area contributed by atoms with Crippen LogP contribution >= 0.6 is 0 Å². The first kappa shape index (κ1) is 16.4. The van der Waals surface area contributed by atoms with Gasteiger partial charge in [0.2, 0.25) is 15.9 Å². The molecule has 2 aliphatic rings. The molecule has 0 unspecified atom stereocenters. The van der Waals surface area contributed by atoms with Crippen LogP contribution in [0.3, 0.4) is 0 Å². The van der Waals surface area contributed by atoms with Crippen molar-refractivity contribution in [1.29, 1.82) is 0 Å². The monoisotopic (exact) mass is 337 g/mol. The Kier molecular flexibility index (Phi) is 4.44. The molecule has 7 heteroatoms. The molecular formula is C16H23N3O3S. The molecule has 126 valence electrons. The molecule has 2 aliphatic heterocycles. The third-order valence-corrected chi connectivity index (χ3v) is 6.18. The molecule has 6 nitrogen and oxygen atoms in total. The Morgan fingerprint density at radius 3 is 2.87 bits per heavy atom. The molecule has 2 N–H and O–H groups in total. The Labute approximate surface area is 137 Å². The SMILES string of the molecule is CNS(=O)(=O)c1ccc2c(c1)N(C(=O)[C@H]1CCN[C@@H](C)C1)CC2. The Balaban J connectivity index is 1.88. The van der Waals surface area contributed by atoms with E-state index < -0.39 is 10.0 Å². The first-order chi connectivity index (χ1) is 10.9. The van der Waals surface area contributed by atoms with Gasteiger partial charge in [-0.3, -0.25) is 4.79 Å². The standard InChI is InChI=1S/C16H23N3O3S/c1-11-9-13(5-7-18-11)16(20)19-8-6-12-3-4-14(10-15(12)19)23(21,22)17-2/h3-4,10-11,13,17-18H,5-9H2,1-2H3/t11-,13-/m0/s1. The van der Waals surface area contributed by atoms with Crippen molar-refractivity contribution < 1.29 is 13.2 Å². The van der Waals surface area contributed by atoms with E-state index in [1.165, 1.54) is 7.05 Å². The van der Waals surface area contributed by atoms with E-state index in [0.717, 1.165) is 37.1 Å². The molecule has 1 aromatic carbocycles. The summed E-state index contributed by atoms with van der Waals surface area (Å²) in [5, 5.41) is 3.35. The lowest BCUT2D eigenvalue weighted by Gasteiger charge is -2.30. The summed E-state index contributed by atoms with van der Waals surface area (Å²) in [6.07, 6.45) is 2.45. The number of hydrogen-bond donors (Lipinski definition) is 2. The van der Waals surface area contributed by atoms with Crippen LogP contribution in [0.1, 0.15) is 25.3 Å². The number of sulfonamides is 1. The zero-order chi connectivity index (χ0) is 16.6. The topological polar surface area (TPSA) is 78.5 Å². The minimum Gasteiger partial charge on any atom is -0.314 e. The van der Waals surface area contributed by atoms with E-state index in [1.807, 2.05) is 6.07 Å². The maximum Gasteiger partial charge on any atom is 0.240 e. The quantitative estimate of drug-likeness (QED) is 0.858. The summed E-state index contributed by atoms with van der Waals surface area (Å²) in [6, 6.07) is 5.38. The van der Waals surface area contributed by atoms with E-state index in [0.29, 0.717) is 12.6 Å². The summed E-state index contributed by atoms with van der Waals surface area (Å²) >= 11 is 0. The van der Waals surface area contributed by atoms with E-state index in [2.05, 4.69) is 17.0 Å². The zero-order valence-corrected chi connectivity index (χ0v) is 14.3. The zero-order valence-electron chi connectivity index (χ0n) is 13.5. The summed E-state index contributed by atoms with van der Waals surface area (Å²) < 4.78 is 26.3. The number of hydrogen-bond acceptors (Lipinski definition) is 4. The van der Waals surface area contributed by atoms with Crippen molar-refractivity contribution in [1.82, 2.24) is 10.0 Å². The fourth-order valence-electron chi connectivity index (χ4n) is 3.45. The highest BCUT2D eigenvalue weighted by molar-refractivity contribution is 7.89. The van der Waals surface area contributed by atoms with E-state index in [1.54, 1.807) is 17.0 Å². The second-order valence-electron chi connectivity index (χ2n) is 6.31. The number of nitrogens with zero attached hydrogens (tertiary/aromatic N) is 1. The normalized spacial score (nSPS) is 24.5. The van der Waals surface area contributed by atoms with Gasteiger partial charge in [-0.25, -0.2) is 13.1 Å². The van der Waals surface area contributed by atoms with Crippen LogP contribution in [0.15, 0.2) is 23.1 Å². The molecule has 2 atom stereocenters. The summed E-state index contributed by atoms with van der Waals surface area (Å²) in [5.74, 6) is 0.137. The Bertz CT molecular complexity index is 717. The van der Waals surface area contributed by atoms with Crippen molar-refractivity contribution in [2.45, 2.75) is 37.1 Å². The van der Waals surface area contributed by atoms with E-state index >= 15 is 0 Å². The van der Waals surface area contributed by atoms with Crippen LogP contribution in [-0.2, 0) is 21.2 Å². The van der Waals surface area contributed by atoms with Gasteiger partial charge in [-0.15, -0.1) is 0 Å². The third-order valence-electron chi connectivity index (χ3n) is 4.77. The number of benzene rings is 1. The highest BCUT2D eigenvalue weighted by Gasteiger charge is 2.33. The van der Waals surface area contributed by atoms with Gasteiger partial charge in [0.1, 0.15) is 0 Å². The summed E-state index contributed by atoms with van der Waals surface area (Å²) in [5.41, 5.74) is 1.79. The summed E-state index contributed by atoms with van der Waals surface area (Å²) in [4.78, 5) is 14.8. The molecule has 0 radical (unpaired) electrons. The number of carbonyl (C=O) groups is 1. The molecule has 1 fully saturated rings. The van der Waals surface area contributed by atoms with Crippen LogP contribution in [0.5, 0.6) is 0 Å². The fourth-order valence-corrected chi connectivity index (χ4v) is 4.20. The van der Waals surface area contributed by atoms with Crippen molar-refractivity contribution >= 4 is 21.6 Å². The van der Waals surface area contributed by atoms with Crippen LogP contribution in [0, 0.1) is 5.92 Å². The highest BCUT2D eigenvalue weighted by Crippen LogP contribution is 2.33. The number of carbonyl (C=O) groups excluding carboxylic acids is 1.